The lowest BCUT2D eigenvalue weighted by Gasteiger charge is -2.24. The number of aromatic nitrogens is 1. The Labute approximate surface area is 129 Å². The van der Waals surface area contributed by atoms with Gasteiger partial charge in [0, 0.05) is 30.8 Å². The third-order valence-electron chi connectivity index (χ3n) is 3.46. The zero-order valence-electron chi connectivity index (χ0n) is 12.4. The molecule has 1 aromatic rings. The molecule has 21 heavy (non-hydrogen) atoms. The van der Waals surface area contributed by atoms with Gasteiger partial charge in [-0.1, -0.05) is 13.3 Å². The van der Waals surface area contributed by atoms with Crippen LogP contribution in [0.5, 0.6) is 0 Å². The minimum absolute atomic E-state index is 0.0269. The Kier molecular flexibility index (Phi) is 5.34. The summed E-state index contributed by atoms with van der Waals surface area (Å²) < 4.78 is 25.3. The van der Waals surface area contributed by atoms with E-state index in [1.165, 1.54) is 15.6 Å². The Bertz CT molecular complexity index is 610. The average Bonchev–Trinajstić information content (AvgIpc) is 2.86. The molecule has 0 aromatic carbocycles. The van der Waals surface area contributed by atoms with E-state index in [-0.39, 0.29) is 11.7 Å². The minimum Gasteiger partial charge on any atom is -0.302 e. The summed E-state index contributed by atoms with van der Waals surface area (Å²) in [7, 11) is -3.16. The van der Waals surface area contributed by atoms with Crippen molar-refractivity contribution in [3.63, 3.8) is 0 Å². The summed E-state index contributed by atoms with van der Waals surface area (Å²) >= 11 is 1.38. The fourth-order valence-corrected chi connectivity index (χ4v) is 4.35. The van der Waals surface area contributed by atoms with Crippen molar-refractivity contribution in [3.8, 4) is 0 Å². The maximum atomic E-state index is 11.9. The van der Waals surface area contributed by atoms with Crippen LogP contribution in [0.15, 0.2) is 0 Å². The lowest BCUT2D eigenvalue weighted by atomic mass is 10.2. The Balaban J connectivity index is 2.04. The molecular formula is C13H21N3O3S2. The molecule has 1 amide bonds. The zero-order valence-corrected chi connectivity index (χ0v) is 14.0. The standard InChI is InChI=1S/C13H21N3O3S2/c1-3-5-6-12(17)15-13-14-10-7-8-16(9-11(10)20-13)21(18,19)4-2/h3-9H2,1-2H3,(H,14,15,17). The molecule has 118 valence electrons. The molecule has 0 saturated carbocycles. The van der Waals surface area contributed by atoms with E-state index < -0.39 is 10.0 Å². The summed E-state index contributed by atoms with van der Waals surface area (Å²) in [5.74, 6) is 0.0860. The van der Waals surface area contributed by atoms with E-state index >= 15 is 0 Å². The highest BCUT2D eigenvalue weighted by atomic mass is 32.2. The van der Waals surface area contributed by atoms with Crippen molar-refractivity contribution in [2.75, 3.05) is 17.6 Å². The number of thiazole rings is 1. The van der Waals surface area contributed by atoms with Crippen molar-refractivity contribution < 1.29 is 13.2 Å². The first kappa shape index (κ1) is 16.4. The molecule has 6 nitrogen and oxygen atoms in total. The van der Waals surface area contributed by atoms with Gasteiger partial charge in [0.1, 0.15) is 0 Å². The van der Waals surface area contributed by atoms with Crippen molar-refractivity contribution in [3.05, 3.63) is 10.6 Å². The fourth-order valence-electron chi connectivity index (χ4n) is 2.16. The maximum Gasteiger partial charge on any atom is 0.226 e. The predicted octanol–water partition coefficient (Wildman–Crippen LogP) is 1.98. The third-order valence-corrected chi connectivity index (χ3v) is 6.28. The van der Waals surface area contributed by atoms with Gasteiger partial charge in [0.15, 0.2) is 5.13 Å². The summed E-state index contributed by atoms with van der Waals surface area (Å²) in [6, 6.07) is 0. The van der Waals surface area contributed by atoms with Crippen LogP contribution < -0.4 is 5.32 Å². The summed E-state index contributed by atoms with van der Waals surface area (Å²) in [5, 5.41) is 3.38. The van der Waals surface area contributed by atoms with E-state index in [4.69, 9.17) is 0 Å². The minimum atomic E-state index is -3.16. The fraction of sp³-hybridized carbons (Fsp3) is 0.692. The highest BCUT2D eigenvalue weighted by molar-refractivity contribution is 7.89. The van der Waals surface area contributed by atoms with Gasteiger partial charge in [0.05, 0.1) is 11.4 Å². The molecule has 0 radical (unpaired) electrons. The van der Waals surface area contributed by atoms with E-state index in [1.54, 1.807) is 6.92 Å². The molecule has 2 heterocycles. The quantitative estimate of drug-likeness (QED) is 0.864. The Morgan fingerprint density at radius 2 is 2.19 bits per heavy atom. The van der Waals surface area contributed by atoms with Crippen LogP contribution in [0.2, 0.25) is 0 Å². The molecular weight excluding hydrogens is 310 g/mol. The first-order valence-corrected chi connectivity index (χ1v) is 9.65. The van der Waals surface area contributed by atoms with Gasteiger partial charge in [0.25, 0.3) is 0 Å². The van der Waals surface area contributed by atoms with Crippen molar-refractivity contribution in [2.45, 2.75) is 46.1 Å². The van der Waals surface area contributed by atoms with E-state index in [0.29, 0.717) is 31.1 Å². The first-order chi connectivity index (χ1) is 9.96. The van der Waals surface area contributed by atoms with E-state index in [1.807, 2.05) is 6.92 Å². The van der Waals surface area contributed by atoms with Crippen LogP contribution >= 0.6 is 11.3 Å². The largest absolute Gasteiger partial charge is 0.302 e. The Morgan fingerprint density at radius 1 is 1.43 bits per heavy atom. The molecule has 8 heteroatoms. The van der Waals surface area contributed by atoms with Crippen molar-refractivity contribution >= 4 is 32.4 Å². The van der Waals surface area contributed by atoms with Gasteiger partial charge in [0.2, 0.25) is 15.9 Å². The van der Waals surface area contributed by atoms with Gasteiger partial charge in [-0.3, -0.25) is 4.79 Å². The highest BCUT2D eigenvalue weighted by Gasteiger charge is 2.28. The van der Waals surface area contributed by atoms with Gasteiger partial charge in [-0.25, -0.2) is 13.4 Å². The number of carbonyl (C=O) groups excluding carboxylic acids is 1. The number of carbonyl (C=O) groups is 1. The highest BCUT2D eigenvalue weighted by Crippen LogP contribution is 2.29. The number of amides is 1. The molecule has 1 N–H and O–H groups in total. The second-order valence-corrected chi connectivity index (χ2v) is 8.37. The van der Waals surface area contributed by atoms with E-state index in [9.17, 15) is 13.2 Å². The number of nitrogens with zero attached hydrogens (tertiary/aromatic N) is 2. The summed E-state index contributed by atoms with van der Waals surface area (Å²) in [6.07, 6.45) is 2.94. The maximum absolute atomic E-state index is 11.9. The van der Waals surface area contributed by atoms with Gasteiger partial charge in [-0.2, -0.15) is 4.31 Å². The van der Waals surface area contributed by atoms with Crippen molar-refractivity contribution in [1.29, 1.82) is 0 Å². The molecule has 2 rings (SSSR count). The van der Waals surface area contributed by atoms with E-state index in [0.717, 1.165) is 23.4 Å². The summed E-state index contributed by atoms with van der Waals surface area (Å²) in [4.78, 5) is 17.0. The van der Waals surface area contributed by atoms with Gasteiger partial charge in [-0.05, 0) is 13.3 Å². The summed E-state index contributed by atoms with van der Waals surface area (Å²) in [6.45, 7) is 4.53. The molecule has 1 aliphatic rings. The number of fused-ring (bicyclic) bond motifs is 1. The monoisotopic (exact) mass is 331 g/mol. The number of sulfonamides is 1. The van der Waals surface area contributed by atoms with Crippen LogP contribution in [0, 0.1) is 0 Å². The molecule has 0 spiro atoms. The van der Waals surface area contributed by atoms with Crippen LogP contribution in [-0.2, 0) is 27.8 Å². The number of hydrogen-bond donors (Lipinski definition) is 1. The lowest BCUT2D eigenvalue weighted by molar-refractivity contribution is -0.116. The van der Waals surface area contributed by atoms with Crippen LogP contribution in [-0.4, -0.2) is 35.9 Å². The smallest absolute Gasteiger partial charge is 0.226 e. The zero-order chi connectivity index (χ0) is 15.5. The molecule has 0 unspecified atom stereocenters. The SMILES string of the molecule is CCCCC(=O)Nc1nc2c(s1)CN(S(=O)(=O)CC)CC2. The normalized spacial score (nSPS) is 15.7. The summed E-state index contributed by atoms with van der Waals surface area (Å²) in [5.41, 5.74) is 0.911. The predicted molar refractivity (Wildman–Crippen MR) is 83.8 cm³/mol. The Hall–Kier alpha value is -0.990. The van der Waals surface area contributed by atoms with Gasteiger partial charge >= 0.3 is 0 Å². The van der Waals surface area contributed by atoms with Gasteiger partial charge in [-0.15, -0.1) is 11.3 Å². The van der Waals surface area contributed by atoms with Crippen LogP contribution in [0.1, 0.15) is 43.7 Å². The van der Waals surface area contributed by atoms with Crippen LogP contribution in [0.4, 0.5) is 5.13 Å². The molecule has 0 fully saturated rings. The van der Waals surface area contributed by atoms with Crippen molar-refractivity contribution in [1.82, 2.24) is 9.29 Å². The topological polar surface area (TPSA) is 79.4 Å². The lowest BCUT2D eigenvalue weighted by Crippen LogP contribution is -2.36. The molecule has 1 aromatic heterocycles. The molecule has 0 atom stereocenters. The number of rotatable bonds is 6. The van der Waals surface area contributed by atoms with Gasteiger partial charge < -0.3 is 5.32 Å². The molecule has 0 aliphatic carbocycles. The first-order valence-electron chi connectivity index (χ1n) is 7.22. The second-order valence-electron chi connectivity index (χ2n) is 5.02. The number of nitrogens with one attached hydrogen (secondary N) is 1. The second kappa shape index (κ2) is 6.85. The molecule has 1 aliphatic heterocycles. The number of hydrogen-bond acceptors (Lipinski definition) is 5. The van der Waals surface area contributed by atoms with E-state index in [2.05, 4.69) is 10.3 Å². The Morgan fingerprint density at radius 3 is 2.86 bits per heavy atom. The third kappa shape index (κ3) is 4.02. The molecule has 0 bridgehead atoms. The van der Waals surface area contributed by atoms with Crippen LogP contribution in [0.3, 0.4) is 0 Å². The number of anilines is 1. The van der Waals surface area contributed by atoms with Crippen LogP contribution in [0.25, 0.3) is 0 Å². The molecule has 0 saturated heterocycles. The average molecular weight is 331 g/mol. The van der Waals surface area contributed by atoms with Crippen molar-refractivity contribution in [2.24, 2.45) is 0 Å². The number of unbranched alkanes of at least 4 members (excludes halogenated alkanes) is 1.